The molecule has 0 unspecified atom stereocenters. The van der Waals surface area contributed by atoms with Gasteiger partial charge in [0.05, 0.1) is 12.8 Å². The van der Waals surface area contributed by atoms with Crippen molar-refractivity contribution in [1.29, 1.82) is 0 Å². The predicted molar refractivity (Wildman–Crippen MR) is 69.2 cm³/mol. The van der Waals surface area contributed by atoms with Crippen molar-refractivity contribution in [3.05, 3.63) is 53.5 Å². The summed E-state index contributed by atoms with van der Waals surface area (Å²) in [5.41, 5.74) is 0.516. The molecule has 1 N–H and O–H groups in total. The molecule has 0 aliphatic carbocycles. The molecule has 0 spiro atoms. The monoisotopic (exact) mass is 258 g/mol. The normalized spacial score (nSPS) is 10.4. The number of phenols is 1. The third-order valence-corrected chi connectivity index (χ3v) is 2.66. The van der Waals surface area contributed by atoms with Crippen LogP contribution in [0.15, 0.2) is 40.8 Å². The summed E-state index contributed by atoms with van der Waals surface area (Å²) in [5.74, 6) is 1.16. The van der Waals surface area contributed by atoms with Gasteiger partial charge in [-0.15, -0.1) is 0 Å². The number of carbonyl (C=O) groups is 2. The van der Waals surface area contributed by atoms with E-state index in [1.807, 2.05) is 0 Å². The number of ketones is 2. The summed E-state index contributed by atoms with van der Waals surface area (Å²) >= 11 is 0. The maximum Gasteiger partial charge on any atom is 0.170 e. The maximum atomic E-state index is 11.9. The first kappa shape index (κ1) is 13.1. The van der Waals surface area contributed by atoms with Gasteiger partial charge in [0.1, 0.15) is 23.1 Å². The second-order valence-electron chi connectivity index (χ2n) is 4.39. The summed E-state index contributed by atoms with van der Waals surface area (Å²) in [4.78, 5) is 22.9. The molecular weight excluding hydrogens is 244 g/mol. The molecule has 0 saturated carbocycles. The van der Waals surface area contributed by atoms with Gasteiger partial charge in [-0.05, 0) is 43.3 Å². The summed E-state index contributed by atoms with van der Waals surface area (Å²) < 4.78 is 5.42. The minimum Gasteiger partial charge on any atom is -0.508 e. The van der Waals surface area contributed by atoms with E-state index in [1.54, 1.807) is 24.3 Å². The summed E-state index contributed by atoms with van der Waals surface area (Å²) in [6, 6.07) is 9.48. The fourth-order valence-corrected chi connectivity index (χ4v) is 1.77. The highest BCUT2D eigenvalue weighted by Crippen LogP contribution is 2.14. The Morgan fingerprint density at radius 1 is 1.00 bits per heavy atom. The smallest absolute Gasteiger partial charge is 0.170 e. The second-order valence-corrected chi connectivity index (χ2v) is 4.39. The molecule has 0 aliphatic heterocycles. The first-order valence-corrected chi connectivity index (χ1v) is 5.94. The zero-order valence-electron chi connectivity index (χ0n) is 10.6. The Morgan fingerprint density at radius 3 is 2.16 bits per heavy atom. The van der Waals surface area contributed by atoms with E-state index in [4.69, 9.17) is 9.52 Å². The van der Waals surface area contributed by atoms with Crippen molar-refractivity contribution in [2.45, 2.75) is 19.8 Å². The molecule has 4 nitrogen and oxygen atoms in total. The second kappa shape index (κ2) is 5.52. The van der Waals surface area contributed by atoms with Crippen LogP contribution in [0.4, 0.5) is 0 Å². The molecule has 0 fully saturated rings. The molecule has 1 heterocycles. The minimum absolute atomic E-state index is 0.0192. The van der Waals surface area contributed by atoms with Crippen molar-refractivity contribution in [3.63, 3.8) is 0 Å². The first-order valence-electron chi connectivity index (χ1n) is 5.94. The van der Waals surface area contributed by atoms with Gasteiger partial charge in [-0.25, -0.2) is 0 Å². The Labute approximate surface area is 110 Å². The third kappa shape index (κ3) is 3.55. The number of furan rings is 1. The minimum atomic E-state index is -0.0938. The molecule has 1 aromatic heterocycles. The fraction of sp³-hybridized carbons (Fsp3) is 0.200. The van der Waals surface area contributed by atoms with E-state index in [0.717, 1.165) is 0 Å². The van der Waals surface area contributed by atoms with Crippen LogP contribution in [0.2, 0.25) is 0 Å². The average molecular weight is 258 g/mol. The molecule has 19 heavy (non-hydrogen) atoms. The zero-order chi connectivity index (χ0) is 13.8. The van der Waals surface area contributed by atoms with E-state index in [-0.39, 0.29) is 30.2 Å². The molecule has 2 rings (SSSR count). The van der Waals surface area contributed by atoms with E-state index in [0.29, 0.717) is 17.1 Å². The number of hydrogen-bond acceptors (Lipinski definition) is 4. The molecule has 98 valence electrons. The van der Waals surface area contributed by atoms with Crippen LogP contribution in [-0.2, 0) is 17.6 Å². The van der Waals surface area contributed by atoms with Crippen LogP contribution >= 0.6 is 0 Å². The third-order valence-electron chi connectivity index (χ3n) is 2.66. The molecule has 0 bridgehead atoms. The summed E-state index contributed by atoms with van der Waals surface area (Å²) in [5, 5.41) is 9.15. The fourth-order valence-electron chi connectivity index (χ4n) is 1.77. The standard InChI is InChI=1S/C15H14O4/c1-10(16)8-13-6-7-14(19-13)9-15(18)11-2-4-12(17)5-3-11/h2-7,17H,8-9H2,1H3. The van der Waals surface area contributed by atoms with Gasteiger partial charge in [-0.3, -0.25) is 9.59 Å². The Bertz CT molecular complexity index is 593. The Hall–Kier alpha value is -2.36. The zero-order valence-corrected chi connectivity index (χ0v) is 10.6. The van der Waals surface area contributed by atoms with E-state index < -0.39 is 0 Å². The number of carbonyl (C=O) groups excluding carboxylic acids is 2. The number of hydrogen-bond donors (Lipinski definition) is 1. The SMILES string of the molecule is CC(=O)Cc1ccc(CC(=O)c2ccc(O)cc2)o1. The topological polar surface area (TPSA) is 67.5 Å². The van der Waals surface area contributed by atoms with Crippen LogP contribution in [0, 0.1) is 0 Å². The highest BCUT2D eigenvalue weighted by Gasteiger charge is 2.11. The van der Waals surface area contributed by atoms with Gasteiger partial charge >= 0.3 is 0 Å². The first-order chi connectivity index (χ1) is 9.04. The molecule has 0 atom stereocenters. The number of rotatable bonds is 5. The van der Waals surface area contributed by atoms with Gasteiger partial charge in [-0.2, -0.15) is 0 Å². The molecule has 0 aliphatic rings. The van der Waals surface area contributed by atoms with Gasteiger partial charge in [0, 0.05) is 5.56 Å². The van der Waals surface area contributed by atoms with Crippen molar-refractivity contribution in [3.8, 4) is 5.75 Å². The maximum absolute atomic E-state index is 11.9. The summed E-state index contributed by atoms with van der Waals surface area (Å²) in [6.45, 7) is 1.49. The van der Waals surface area contributed by atoms with Crippen molar-refractivity contribution >= 4 is 11.6 Å². The lowest BCUT2D eigenvalue weighted by molar-refractivity contribution is -0.116. The van der Waals surface area contributed by atoms with E-state index in [2.05, 4.69) is 0 Å². The van der Waals surface area contributed by atoms with Gasteiger partial charge in [0.2, 0.25) is 0 Å². The highest BCUT2D eigenvalue weighted by atomic mass is 16.3. The van der Waals surface area contributed by atoms with Crippen LogP contribution in [0.1, 0.15) is 28.8 Å². The van der Waals surface area contributed by atoms with Crippen LogP contribution in [-0.4, -0.2) is 16.7 Å². The summed E-state index contributed by atoms with van der Waals surface area (Å²) in [6.07, 6.45) is 0.385. The van der Waals surface area contributed by atoms with Crippen molar-refractivity contribution in [2.24, 2.45) is 0 Å². The predicted octanol–water partition coefficient (Wildman–Crippen LogP) is 2.54. The molecule has 4 heteroatoms. The van der Waals surface area contributed by atoms with Crippen LogP contribution in [0.25, 0.3) is 0 Å². The van der Waals surface area contributed by atoms with Crippen LogP contribution in [0.5, 0.6) is 5.75 Å². The number of Topliss-reactive ketones (excluding diaryl/α,β-unsaturated/α-hetero) is 2. The van der Waals surface area contributed by atoms with Crippen LogP contribution < -0.4 is 0 Å². The lowest BCUT2D eigenvalue weighted by Gasteiger charge is -1.99. The van der Waals surface area contributed by atoms with E-state index in [1.165, 1.54) is 19.1 Å². The largest absolute Gasteiger partial charge is 0.508 e. The molecule has 0 saturated heterocycles. The highest BCUT2D eigenvalue weighted by molar-refractivity contribution is 5.97. The van der Waals surface area contributed by atoms with E-state index in [9.17, 15) is 9.59 Å². The number of phenolic OH excluding ortho intramolecular Hbond substituents is 1. The number of benzene rings is 1. The van der Waals surface area contributed by atoms with Gasteiger partial charge in [-0.1, -0.05) is 0 Å². The van der Waals surface area contributed by atoms with E-state index >= 15 is 0 Å². The van der Waals surface area contributed by atoms with Crippen molar-refractivity contribution in [1.82, 2.24) is 0 Å². The molecule has 2 aromatic rings. The molecule has 0 amide bonds. The number of aromatic hydroxyl groups is 1. The van der Waals surface area contributed by atoms with Gasteiger partial charge in [0.15, 0.2) is 5.78 Å². The lowest BCUT2D eigenvalue weighted by atomic mass is 10.1. The van der Waals surface area contributed by atoms with Crippen molar-refractivity contribution in [2.75, 3.05) is 0 Å². The Morgan fingerprint density at radius 2 is 1.58 bits per heavy atom. The Balaban J connectivity index is 2.04. The van der Waals surface area contributed by atoms with Crippen molar-refractivity contribution < 1.29 is 19.1 Å². The Kier molecular flexibility index (Phi) is 3.80. The molecular formula is C15H14O4. The quantitative estimate of drug-likeness (QED) is 0.837. The summed E-state index contributed by atoms with van der Waals surface area (Å²) in [7, 11) is 0. The van der Waals surface area contributed by atoms with Crippen LogP contribution in [0.3, 0.4) is 0 Å². The van der Waals surface area contributed by atoms with Gasteiger partial charge in [0.25, 0.3) is 0 Å². The molecule has 0 radical (unpaired) electrons. The average Bonchev–Trinajstić information content (AvgIpc) is 2.76. The lowest BCUT2D eigenvalue weighted by Crippen LogP contribution is -2.02. The van der Waals surface area contributed by atoms with Gasteiger partial charge < -0.3 is 9.52 Å². The molecule has 1 aromatic carbocycles.